The third kappa shape index (κ3) is 1.13. The number of nitrogens with two attached hydrogens (primary N) is 1. The van der Waals surface area contributed by atoms with E-state index in [1.54, 1.807) is 7.05 Å². The fraction of sp³-hybridized carbons (Fsp3) is 0.429. The van der Waals surface area contributed by atoms with Gasteiger partial charge < -0.3 is 15.4 Å². The number of methoxy groups -OCH3 is 1. The third-order valence-electron chi connectivity index (χ3n) is 1.71. The van der Waals surface area contributed by atoms with Crippen LogP contribution >= 0.6 is 0 Å². The number of likely N-dealkylation sites (N-methyl/N-ethyl adjacent to an activating group) is 1. The smallest absolute Gasteiger partial charge is 0.289 e. The maximum absolute atomic E-state index is 11.2. The van der Waals surface area contributed by atoms with Crippen LogP contribution in [0.3, 0.4) is 0 Å². The van der Waals surface area contributed by atoms with Gasteiger partial charge in [-0.15, -0.1) is 0 Å². The van der Waals surface area contributed by atoms with Crippen LogP contribution in [0.15, 0.2) is 11.3 Å². The maximum atomic E-state index is 11.2. The molecule has 0 atom stereocenters. The first-order valence-electron chi connectivity index (χ1n) is 3.40. The Morgan fingerprint density at radius 3 is 2.58 bits per heavy atom. The van der Waals surface area contributed by atoms with Crippen molar-refractivity contribution in [2.24, 2.45) is 5.73 Å². The molecule has 1 aliphatic rings. The molecule has 0 aromatic rings. The lowest BCUT2D eigenvalue weighted by atomic mass is 10.2. The first kappa shape index (κ1) is 8.58. The van der Waals surface area contributed by atoms with Crippen molar-refractivity contribution < 1.29 is 14.3 Å². The predicted octanol–water partition coefficient (Wildman–Crippen LogP) is -1.16. The molecule has 0 aliphatic carbocycles. The Balaban J connectivity index is 3.02. The number of primary amides is 1. The Morgan fingerprint density at radius 1 is 1.67 bits per heavy atom. The summed E-state index contributed by atoms with van der Waals surface area (Å²) in [4.78, 5) is 23.3. The molecule has 12 heavy (non-hydrogen) atoms. The van der Waals surface area contributed by atoms with Crippen LogP contribution in [0.5, 0.6) is 0 Å². The molecule has 5 heteroatoms. The molecular formula is C7H10N2O3. The Morgan fingerprint density at radius 2 is 2.25 bits per heavy atom. The van der Waals surface area contributed by atoms with Gasteiger partial charge in [0.25, 0.3) is 5.91 Å². The number of carbonyl (C=O) groups excluding carboxylic acids is 2. The standard InChI is InChI=1S/C7H10N2O3/c1-9-3-4(6(8)10)5(12-2)7(9)11/h3H2,1-2H3,(H2,8,10). The van der Waals surface area contributed by atoms with Crippen molar-refractivity contribution in [2.75, 3.05) is 20.7 Å². The summed E-state index contributed by atoms with van der Waals surface area (Å²) in [5.41, 5.74) is 5.27. The Bertz CT molecular complexity index is 270. The molecule has 0 unspecified atom stereocenters. The number of rotatable bonds is 2. The zero-order chi connectivity index (χ0) is 9.30. The zero-order valence-electron chi connectivity index (χ0n) is 6.96. The van der Waals surface area contributed by atoms with Crippen LogP contribution in [0.2, 0.25) is 0 Å². The van der Waals surface area contributed by atoms with Crippen molar-refractivity contribution in [3.63, 3.8) is 0 Å². The Labute approximate surface area is 69.8 Å². The maximum Gasteiger partial charge on any atom is 0.289 e. The highest BCUT2D eigenvalue weighted by Crippen LogP contribution is 2.17. The molecule has 66 valence electrons. The van der Waals surface area contributed by atoms with Crippen LogP contribution in [0.1, 0.15) is 0 Å². The molecule has 0 radical (unpaired) electrons. The minimum atomic E-state index is -0.607. The van der Waals surface area contributed by atoms with E-state index in [1.807, 2.05) is 0 Å². The van der Waals surface area contributed by atoms with E-state index >= 15 is 0 Å². The molecule has 1 heterocycles. The van der Waals surface area contributed by atoms with Gasteiger partial charge in [0, 0.05) is 7.05 Å². The zero-order valence-corrected chi connectivity index (χ0v) is 6.96. The number of nitrogens with zero attached hydrogens (tertiary/aromatic N) is 1. The van der Waals surface area contributed by atoms with Crippen molar-refractivity contribution in [1.82, 2.24) is 4.90 Å². The number of hydrogen-bond donors (Lipinski definition) is 1. The van der Waals surface area contributed by atoms with Crippen molar-refractivity contribution >= 4 is 11.8 Å². The van der Waals surface area contributed by atoms with E-state index in [-0.39, 0.29) is 23.8 Å². The van der Waals surface area contributed by atoms with Crippen LogP contribution in [0.25, 0.3) is 0 Å². The van der Waals surface area contributed by atoms with Gasteiger partial charge in [0.05, 0.1) is 19.2 Å². The van der Waals surface area contributed by atoms with Crippen molar-refractivity contribution in [1.29, 1.82) is 0 Å². The van der Waals surface area contributed by atoms with Gasteiger partial charge in [0.2, 0.25) is 5.91 Å². The number of carbonyl (C=O) groups is 2. The highest BCUT2D eigenvalue weighted by atomic mass is 16.5. The van der Waals surface area contributed by atoms with Crippen LogP contribution in [0, 0.1) is 0 Å². The monoisotopic (exact) mass is 170 g/mol. The van der Waals surface area contributed by atoms with Gasteiger partial charge in [-0.3, -0.25) is 9.59 Å². The normalized spacial score (nSPS) is 17.2. The van der Waals surface area contributed by atoms with E-state index < -0.39 is 5.91 Å². The minimum absolute atomic E-state index is 0.0602. The SMILES string of the molecule is COC1=C(C(N)=O)CN(C)C1=O. The number of amides is 2. The highest BCUT2D eigenvalue weighted by Gasteiger charge is 2.31. The second-order valence-electron chi connectivity index (χ2n) is 2.54. The summed E-state index contributed by atoms with van der Waals surface area (Å²) in [6.45, 7) is 0.233. The van der Waals surface area contributed by atoms with Gasteiger partial charge in [-0.25, -0.2) is 0 Å². The van der Waals surface area contributed by atoms with E-state index in [0.29, 0.717) is 0 Å². The highest BCUT2D eigenvalue weighted by molar-refractivity contribution is 6.06. The first-order chi connectivity index (χ1) is 5.57. The molecule has 5 nitrogen and oxygen atoms in total. The average molecular weight is 170 g/mol. The summed E-state index contributed by atoms with van der Waals surface area (Å²) < 4.78 is 4.76. The lowest BCUT2D eigenvalue weighted by molar-refractivity contribution is -0.127. The molecule has 0 saturated carbocycles. The van der Waals surface area contributed by atoms with Crippen LogP contribution in [0.4, 0.5) is 0 Å². The quantitative estimate of drug-likeness (QED) is 0.568. The molecule has 0 aromatic heterocycles. The van der Waals surface area contributed by atoms with E-state index in [0.717, 1.165) is 0 Å². The van der Waals surface area contributed by atoms with E-state index in [1.165, 1.54) is 12.0 Å². The molecular weight excluding hydrogens is 160 g/mol. The number of ether oxygens (including phenoxy) is 1. The average Bonchev–Trinajstić information content (AvgIpc) is 2.29. The van der Waals surface area contributed by atoms with Gasteiger partial charge in [0.15, 0.2) is 5.76 Å². The minimum Gasteiger partial charge on any atom is -0.491 e. The van der Waals surface area contributed by atoms with Gasteiger partial charge >= 0.3 is 0 Å². The largest absolute Gasteiger partial charge is 0.491 e. The predicted molar refractivity (Wildman–Crippen MR) is 40.9 cm³/mol. The summed E-state index contributed by atoms with van der Waals surface area (Å²) in [6.07, 6.45) is 0. The lowest BCUT2D eigenvalue weighted by Crippen LogP contribution is -2.23. The topological polar surface area (TPSA) is 72.6 Å². The second kappa shape index (κ2) is 2.84. The van der Waals surface area contributed by atoms with Gasteiger partial charge in [-0.05, 0) is 0 Å². The molecule has 0 fully saturated rings. The molecule has 0 aromatic carbocycles. The Kier molecular flexibility index (Phi) is 2.03. The molecule has 2 N–H and O–H groups in total. The first-order valence-corrected chi connectivity index (χ1v) is 3.40. The summed E-state index contributed by atoms with van der Waals surface area (Å²) >= 11 is 0. The van der Waals surface area contributed by atoms with Crippen LogP contribution in [-0.4, -0.2) is 37.4 Å². The molecule has 0 bridgehead atoms. The van der Waals surface area contributed by atoms with Crippen molar-refractivity contribution in [3.8, 4) is 0 Å². The van der Waals surface area contributed by atoms with Crippen LogP contribution < -0.4 is 5.73 Å². The molecule has 1 rings (SSSR count). The van der Waals surface area contributed by atoms with Crippen molar-refractivity contribution in [3.05, 3.63) is 11.3 Å². The lowest BCUT2D eigenvalue weighted by Gasteiger charge is -2.06. The fourth-order valence-electron chi connectivity index (χ4n) is 1.08. The second-order valence-corrected chi connectivity index (χ2v) is 2.54. The van der Waals surface area contributed by atoms with Crippen molar-refractivity contribution in [2.45, 2.75) is 0 Å². The summed E-state index contributed by atoms with van der Waals surface area (Å²) in [5, 5.41) is 0. The summed E-state index contributed by atoms with van der Waals surface area (Å²) in [6, 6.07) is 0. The van der Waals surface area contributed by atoms with E-state index in [4.69, 9.17) is 10.5 Å². The number of hydrogen-bond acceptors (Lipinski definition) is 3. The third-order valence-corrected chi connectivity index (χ3v) is 1.71. The Hall–Kier alpha value is -1.52. The summed E-state index contributed by atoms with van der Waals surface area (Å²) in [7, 11) is 2.92. The van der Waals surface area contributed by atoms with E-state index in [2.05, 4.69) is 0 Å². The van der Waals surface area contributed by atoms with E-state index in [9.17, 15) is 9.59 Å². The molecule has 0 saturated heterocycles. The molecule has 1 aliphatic heterocycles. The van der Waals surface area contributed by atoms with Gasteiger partial charge in [-0.1, -0.05) is 0 Å². The van der Waals surface area contributed by atoms with Crippen LogP contribution in [-0.2, 0) is 14.3 Å². The summed E-state index contributed by atoms with van der Waals surface area (Å²) in [5.74, 6) is -0.846. The molecule has 2 amide bonds. The molecule has 0 spiro atoms. The van der Waals surface area contributed by atoms with Gasteiger partial charge in [-0.2, -0.15) is 0 Å². The fourth-order valence-corrected chi connectivity index (χ4v) is 1.08. The van der Waals surface area contributed by atoms with Gasteiger partial charge in [0.1, 0.15) is 0 Å².